The van der Waals surface area contributed by atoms with E-state index >= 15 is 4.39 Å². The van der Waals surface area contributed by atoms with E-state index in [1.165, 1.54) is 0 Å². The van der Waals surface area contributed by atoms with Crippen LogP contribution >= 0.6 is 27.5 Å². The van der Waals surface area contributed by atoms with Crippen LogP contribution in [0.15, 0.2) is 4.47 Å². The van der Waals surface area contributed by atoms with Gasteiger partial charge < -0.3 is 19.1 Å². The van der Waals surface area contributed by atoms with Crippen molar-refractivity contribution in [3.05, 3.63) is 15.3 Å². The van der Waals surface area contributed by atoms with Gasteiger partial charge in [-0.05, 0) is 54.6 Å². The molecule has 1 aromatic carbocycles. The van der Waals surface area contributed by atoms with Gasteiger partial charge in [0.2, 0.25) is 0 Å². The third kappa shape index (κ3) is 3.70. The number of benzene rings is 1. The van der Waals surface area contributed by atoms with Gasteiger partial charge in [-0.1, -0.05) is 11.6 Å². The molecule has 4 fully saturated rings. The molecule has 2 unspecified atom stereocenters. The number of alkyl halides is 1. The number of aromatic nitrogens is 2. The summed E-state index contributed by atoms with van der Waals surface area (Å²) < 4.78 is 48.3. The monoisotopic (exact) mass is 609 g/mol. The molecule has 3 saturated heterocycles. The van der Waals surface area contributed by atoms with Gasteiger partial charge in [-0.15, -0.1) is 0 Å². The molecular weight excluding hydrogens is 584 g/mol. The number of fused-ring (bicyclic) bond motifs is 1. The van der Waals surface area contributed by atoms with E-state index in [4.69, 9.17) is 30.8 Å². The van der Waals surface area contributed by atoms with Crippen LogP contribution in [0.4, 0.5) is 14.6 Å². The smallest absolute Gasteiger partial charge is 0.319 e. The summed E-state index contributed by atoms with van der Waals surface area (Å²) in [6.07, 6.45) is 3.54. The van der Waals surface area contributed by atoms with E-state index in [1.54, 1.807) is 0 Å². The van der Waals surface area contributed by atoms with Crippen molar-refractivity contribution in [3.8, 4) is 17.8 Å². The van der Waals surface area contributed by atoms with E-state index in [1.807, 2.05) is 0 Å². The van der Waals surface area contributed by atoms with E-state index in [0.29, 0.717) is 37.4 Å². The third-order valence-corrected chi connectivity index (χ3v) is 10.4. The molecule has 7 rings (SSSR count). The first-order chi connectivity index (χ1) is 18.4. The molecule has 0 N–H and O–H groups in total. The summed E-state index contributed by atoms with van der Waals surface area (Å²) in [7, 11) is 0. The van der Waals surface area contributed by atoms with Crippen LogP contribution in [0.3, 0.4) is 0 Å². The first-order valence-electron chi connectivity index (χ1n) is 13.2. The Morgan fingerprint density at radius 3 is 2.84 bits per heavy atom. The van der Waals surface area contributed by atoms with Crippen molar-refractivity contribution in [2.24, 2.45) is 5.41 Å². The van der Waals surface area contributed by atoms with Gasteiger partial charge in [0.1, 0.15) is 35.7 Å². The van der Waals surface area contributed by atoms with Crippen molar-refractivity contribution in [2.75, 3.05) is 44.4 Å². The van der Waals surface area contributed by atoms with Crippen LogP contribution in [-0.4, -0.2) is 78.2 Å². The first kappa shape index (κ1) is 25.0. The maximum atomic E-state index is 15.7. The lowest BCUT2D eigenvalue weighted by Gasteiger charge is -2.38. The second-order valence-electron chi connectivity index (χ2n) is 11.2. The molecule has 0 spiro atoms. The van der Waals surface area contributed by atoms with Crippen LogP contribution in [0.2, 0.25) is 5.02 Å². The van der Waals surface area contributed by atoms with Gasteiger partial charge in [-0.3, -0.25) is 4.90 Å². The highest BCUT2D eigenvalue weighted by molar-refractivity contribution is 9.10. The largest absolute Gasteiger partial charge is 0.489 e. The molecule has 1 aliphatic carbocycles. The molecule has 5 aliphatic rings. The van der Waals surface area contributed by atoms with E-state index in [2.05, 4.69) is 36.8 Å². The number of anilines is 1. The number of hydrogen-bond donors (Lipinski definition) is 0. The third-order valence-electron chi connectivity index (χ3n) is 9.03. The topological polar surface area (TPSA) is 83.7 Å². The molecule has 1 saturated carbocycles. The SMILES string of the molecule is N#CC1(C2COc3c(Cl)c(Br)c(F)c4nc(OC[C@@]56CCCN5C[C@H](F)C6)nc(c34)N2C2CCOC2)CC1. The Labute approximate surface area is 232 Å². The molecule has 38 heavy (non-hydrogen) atoms. The standard InChI is InChI=1S/C26H27BrClF2N5O3/c27-18-19(28)22-17-21(20(18)30)32-24(38-13-26-3-1-6-34(26)9-14(29)8-26)33-23(17)35(15-2-7-36-10-15)16(11-37-22)25(12-31)4-5-25/h14-16H,1-11,13H2/t14-,15?,16?,26+/m1/s1. The zero-order valence-electron chi connectivity index (χ0n) is 20.7. The van der Waals surface area contributed by atoms with Crippen molar-refractivity contribution in [2.45, 2.75) is 62.3 Å². The molecular formula is C26H27BrClF2N5O3. The Kier molecular flexibility index (Phi) is 5.93. The van der Waals surface area contributed by atoms with Crippen molar-refractivity contribution in [1.82, 2.24) is 14.9 Å². The van der Waals surface area contributed by atoms with Crippen LogP contribution in [0.1, 0.15) is 38.5 Å². The number of ether oxygens (including phenoxy) is 3. The summed E-state index contributed by atoms with van der Waals surface area (Å²) in [5, 5.41) is 10.6. The second-order valence-corrected chi connectivity index (χ2v) is 12.4. The second kappa shape index (κ2) is 9.01. The fourth-order valence-corrected chi connectivity index (χ4v) is 7.48. The molecule has 5 heterocycles. The van der Waals surface area contributed by atoms with Crippen molar-refractivity contribution in [1.29, 1.82) is 5.26 Å². The van der Waals surface area contributed by atoms with Gasteiger partial charge in [0.25, 0.3) is 0 Å². The molecule has 0 radical (unpaired) electrons. The van der Waals surface area contributed by atoms with Crippen molar-refractivity contribution < 1.29 is 23.0 Å². The number of halogens is 4. The summed E-state index contributed by atoms with van der Waals surface area (Å²) in [6, 6.07) is 2.11. The van der Waals surface area contributed by atoms with E-state index in [9.17, 15) is 9.65 Å². The van der Waals surface area contributed by atoms with Gasteiger partial charge in [-0.25, -0.2) is 8.78 Å². The molecule has 12 heteroatoms. The quantitative estimate of drug-likeness (QED) is 0.447. The predicted octanol–water partition coefficient (Wildman–Crippen LogP) is 4.80. The molecule has 4 atom stereocenters. The van der Waals surface area contributed by atoms with E-state index in [0.717, 1.165) is 38.6 Å². The zero-order valence-corrected chi connectivity index (χ0v) is 23.0. The fraction of sp³-hybridized carbons (Fsp3) is 0.654. The van der Waals surface area contributed by atoms with Gasteiger partial charge in [0, 0.05) is 19.6 Å². The van der Waals surface area contributed by atoms with Gasteiger partial charge in [-0.2, -0.15) is 15.2 Å². The lowest BCUT2D eigenvalue weighted by Crippen LogP contribution is -2.51. The Morgan fingerprint density at radius 1 is 1.26 bits per heavy atom. The predicted molar refractivity (Wildman–Crippen MR) is 139 cm³/mol. The first-order valence-corrected chi connectivity index (χ1v) is 14.3. The highest BCUT2D eigenvalue weighted by Crippen LogP contribution is 2.55. The molecule has 4 aliphatic heterocycles. The Balaban J connectivity index is 1.37. The summed E-state index contributed by atoms with van der Waals surface area (Å²) in [6.45, 7) is 2.69. The maximum Gasteiger partial charge on any atom is 0.319 e. The average molecular weight is 611 g/mol. The molecule has 8 nitrogen and oxygen atoms in total. The lowest BCUT2D eigenvalue weighted by molar-refractivity contribution is 0.107. The van der Waals surface area contributed by atoms with Crippen molar-refractivity contribution in [3.63, 3.8) is 0 Å². The summed E-state index contributed by atoms with van der Waals surface area (Å²) in [5.41, 5.74) is -0.980. The highest BCUT2D eigenvalue weighted by Gasteiger charge is 2.56. The van der Waals surface area contributed by atoms with Crippen LogP contribution < -0.4 is 14.4 Å². The number of nitrogens with zero attached hydrogens (tertiary/aromatic N) is 5. The minimum Gasteiger partial charge on any atom is -0.489 e. The van der Waals surface area contributed by atoms with Crippen LogP contribution in [-0.2, 0) is 4.74 Å². The summed E-state index contributed by atoms with van der Waals surface area (Å²) >= 11 is 9.85. The van der Waals surface area contributed by atoms with Crippen molar-refractivity contribution >= 4 is 44.3 Å². The minimum atomic E-state index is -0.893. The van der Waals surface area contributed by atoms with Crippen LogP contribution in [0, 0.1) is 22.6 Å². The summed E-state index contributed by atoms with van der Waals surface area (Å²) in [5.74, 6) is 0.0790. The molecule has 0 amide bonds. The lowest BCUT2D eigenvalue weighted by atomic mass is 9.95. The highest BCUT2D eigenvalue weighted by atomic mass is 79.9. The number of rotatable bonds is 5. The molecule has 1 aromatic heterocycles. The van der Waals surface area contributed by atoms with Gasteiger partial charge in [0.05, 0.1) is 45.6 Å². The molecule has 202 valence electrons. The van der Waals surface area contributed by atoms with E-state index in [-0.39, 0.29) is 52.1 Å². The Bertz CT molecular complexity index is 1350. The minimum absolute atomic E-state index is 0.0153. The number of nitriles is 1. The average Bonchev–Trinajstić information content (AvgIpc) is 3.20. The van der Waals surface area contributed by atoms with E-state index < -0.39 is 22.9 Å². The normalized spacial score (nSPS) is 31.7. The van der Waals surface area contributed by atoms with Crippen LogP contribution in [0.25, 0.3) is 10.9 Å². The number of hydrogen-bond acceptors (Lipinski definition) is 8. The fourth-order valence-electron chi connectivity index (χ4n) is 6.88. The van der Waals surface area contributed by atoms with Gasteiger partial charge >= 0.3 is 6.01 Å². The molecule has 0 bridgehead atoms. The maximum absolute atomic E-state index is 15.7. The Hall–Kier alpha value is -2.00. The summed E-state index contributed by atoms with van der Waals surface area (Å²) in [4.78, 5) is 13.6. The van der Waals surface area contributed by atoms with Crippen LogP contribution in [0.5, 0.6) is 11.8 Å². The Morgan fingerprint density at radius 2 is 2.11 bits per heavy atom. The molecule has 2 aromatic rings. The zero-order chi connectivity index (χ0) is 26.2. The van der Waals surface area contributed by atoms with Gasteiger partial charge in [0.15, 0.2) is 11.6 Å².